The second kappa shape index (κ2) is 7.24. The lowest BCUT2D eigenvalue weighted by molar-refractivity contribution is -0.384. The van der Waals surface area contributed by atoms with E-state index in [1.807, 2.05) is 55.5 Å². The minimum atomic E-state index is -1.02. The number of rotatable bonds is 4. The van der Waals surface area contributed by atoms with E-state index in [1.54, 1.807) is 17.0 Å². The summed E-state index contributed by atoms with van der Waals surface area (Å²) in [5.74, 6) is -0.108. The SMILES string of the molecule is Cc1ccc(C2=NN[C@]3(S2)C(=O)N(Cc2ccc([N+](=O)[O-])cc2)c2ccccc23)cc1. The summed E-state index contributed by atoms with van der Waals surface area (Å²) in [5.41, 5.74) is 7.74. The molecular formula is C23H18N4O3S. The molecule has 31 heavy (non-hydrogen) atoms. The quantitative estimate of drug-likeness (QED) is 0.492. The van der Waals surface area contributed by atoms with Gasteiger partial charge in [-0.2, -0.15) is 5.10 Å². The maximum Gasteiger partial charge on any atom is 0.270 e. The Hall–Kier alpha value is -3.65. The topological polar surface area (TPSA) is 87.8 Å². The molecule has 0 saturated heterocycles. The van der Waals surface area contributed by atoms with Crippen molar-refractivity contribution in [2.24, 2.45) is 5.10 Å². The molecule has 3 aromatic rings. The molecule has 0 saturated carbocycles. The first-order valence-electron chi connectivity index (χ1n) is 9.74. The van der Waals surface area contributed by atoms with Crippen LogP contribution in [0.2, 0.25) is 0 Å². The number of fused-ring (bicyclic) bond motifs is 2. The maximum absolute atomic E-state index is 13.7. The highest BCUT2D eigenvalue weighted by molar-refractivity contribution is 8.16. The molecule has 0 bridgehead atoms. The molecule has 3 aromatic carbocycles. The van der Waals surface area contributed by atoms with Crippen LogP contribution in [0.25, 0.3) is 0 Å². The van der Waals surface area contributed by atoms with Gasteiger partial charge in [0.15, 0.2) is 0 Å². The molecule has 1 N–H and O–H groups in total. The zero-order valence-electron chi connectivity index (χ0n) is 16.6. The average Bonchev–Trinajstić information content (AvgIpc) is 3.32. The number of amides is 1. The van der Waals surface area contributed by atoms with E-state index in [1.165, 1.54) is 23.9 Å². The van der Waals surface area contributed by atoms with Crippen LogP contribution in [0.3, 0.4) is 0 Å². The fourth-order valence-electron chi connectivity index (χ4n) is 3.83. The number of thioether (sulfide) groups is 1. The number of carbonyl (C=O) groups excluding carboxylic acids is 1. The minimum absolute atomic E-state index is 0.0255. The van der Waals surface area contributed by atoms with Crippen molar-refractivity contribution in [3.05, 3.63) is 105 Å². The Balaban J connectivity index is 1.46. The molecule has 0 radical (unpaired) electrons. The first-order valence-corrected chi connectivity index (χ1v) is 10.6. The van der Waals surface area contributed by atoms with Gasteiger partial charge in [-0.1, -0.05) is 71.9 Å². The van der Waals surface area contributed by atoms with Crippen molar-refractivity contribution in [2.45, 2.75) is 18.3 Å². The standard InChI is InChI=1S/C23H18N4O3S/c1-15-6-10-17(11-7-15)21-24-25-23(31-21)19-4-2-3-5-20(19)26(22(23)28)14-16-8-12-18(13-9-16)27(29)30/h2-13,25H,14H2,1H3/t23-/m1/s1. The highest BCUT2D eigenvalue weighted by atomic mass is 32.2. The van der Waals surface area contributed by atoms with E-state index in [4.69, 9.17) is 0 Å². The number of nitrogens with zero attached hydrogens (tertiary/aromatic N) is 3. The number of hydrogen-bond acceptors (Lipinski definition) is 6. The average molecular weight is 430 g/mol. The zero-order valence-corrected chi connectivity index (χ0v) is 17.4. The Kier molecular flexibility index (Phi) is 4.51. The van der Waals surface area contributed by atoms with Gasteiger partial charge in [0.05, 0.1) is 17.2 Å². The molecule has 0 aliphatic carbocycles. The normalized spacial score (nSPS) is 19.3. The van der Waals surface area contributed by atoms with Gasteiger partial charge < -0.3 is 4.90 Å². The smallest absolute Gasteiger partial charge is 0.270 e. The molecule has 2 aliphatic heterocycles. The van der Waals surface area contributed by atoms with E-state index in [0.717, 1.165) is 33.0 Å². The minimum Gasteiger partial charge on any atom is -0.304 e. The summed E-state index contributed by atoms with van der Waals surface area (Å²) in [5, 5.41) is 16.2. The van der Waals surface area contributed by atoms with Crippen molar-refractivity contribution < 1.29 is 9.72 Å². The first-order chi connectivity index (χ1) is 15.0. The third kappa shape index (κ3) is 3.16. The number of anilines is 1. The lowest BCUT2D eigenvalue weighted by Crippen LogP contribution is -2.44. The summed E-state index contributed by atoms with van der Waals surface area (Å²) in [6.45, 7) is 2.34. The predicted octanol–water partition coefficient (Wildman–Crippen LogP) is 4.30. The third-order valence-electron chi connectivity index (χ3n) is 5.47. The van der Waals surface area contributed by atoms with Crippen LogP contribution in [-0.4, -0.2) is 15.9 Å². The van der Waals surface area contributed by atoms with Crippen molar-refractivity contribution in [1.82, 2.24) is 5.43 Å². The van der Waals surface area contributed by atoms with Gasteiger partial charge in [-0.25, -0.2) is 0 Å². The van der Waals surface area contributed by atoms with Crippen LogP contribution in [0, 0.1) is 17.0 Å². The molecule has 154 valence electrons. The van der Waals surface area contributed by atoms with Gasteiger partial charge in [-0.3, -0.25) is 20.3 Å². The van der Waals surface area contributed by atoms with Crippen molar-refractivity contribution >= 4 is 34.1 Å². The highest BCUT2D eigenvalue weighted by Gasteiger charge is 2.55. The molecule has 2 aliphatic rings. The fraction of sp³-hybridized carbons (Fsp3) is 0.130. The van der Waals surface area contributed by atoms with Gasteiger partial charge in [0.2, 0.25) is 4.87 Å². The maximum atomic E-state index is 13.7. The number of para-hydroxylation sites is 1. The van der Waals surface area contributed by atoms with Gasteiger partial charge in [0, 0.05) is 23.3 Å². The number of aryl methyl sites for hydroxylation is 1. The number of nitro benzene ring substituents is 1. The third-order valence-corrected chi connectivity index (χ3v) is 6.78. The lowest BCUT2D eigenvalue weighted by Gasteiger charge is -2.22. The molecule has 2 heterocycles. The van der Waals surface area contributed by atoms with Crippen LogP contribution in [0.4, 0.5) is 11.4 Å². The predicted molar refractivity (Wildman–Crippen MR) is 121 cm³/mol. The summed E-state index contributed by atoms with van der Waals surface area (Å²) in [6.07, 6.45) is 0. The van der Waals surface area contributed by atoms with E-state index in [9.17, 15) is 14.9 Å². The van der Waals surface area contributed by atoms with Gasteiger partial charge >= 0.3 is 0 Å². The van der Waals surface area contributed by atoms with Crippen LogP contribution < -0.4 is 10.3 Å². The van der Waals surface area contributed by atoms with Crippen LogP contribution in [-0.2, 0) is 16.2 Å². The molecule has 0 aromatic heterocycles. The highest BCUT2D eigenvalue weighted by Crippen LogP contribution is 2.50. The van der Waals surface area contributed by atoms with Crippen molar-refractivity contribution in [2.75, 3.05) is 4.90 Å². The summed E-state index contributed by atoms with van der Waals surface area (Å²) in [4.78, 5) is 24.8. The van der Waals surface area contributed by atoms with Crippen LogP contribution in [0.15, 0.2) is 77.9 Å². The molecule has 1 atom stereocenters. The Labute approximate surface area is 182 Å². The Morgan fingerprint density at radius 1 is 1.06 bits per heavy atom. The summed E-state index contributed by atoms with van der Waals surface area (Å²) in [7, 11) is 0. The second-order valence-electron chi connectivity index (χ2n) is 7.51. The van der Waals surface area contributed by atoms with Gasteiger partial charge in [-0.05, 0) is 18.6 Å². The summed E-state index contributed by atoms with van der Waals surface area (Å²) < 4.78 is 0. The molecule has 0 fully saturated rings. The number of nitrogens with one attached hydrogen (secondary N) is 1. The Morgan fingerprint density at radius 3 is 2.48 bits per heavy atom. The van der Waals surface area contributed by atoms with E-state index < -0.39 is 9.79 Å². The summed E-state index contributed by atoms with van der Waals surface area (Å²) >= 11 is 1.41. The van der Waals surface area contributed by atoms with E-state index in [-0.39, 0.29) is 11.6 Å². The van der Waals surface area contributed by atoms with E-state index >= 15 is 0 Å². The number of non-ortho nitro benzene ring substituents is 1. The van der Waals surface area contributed by atoms with Crippen LogP contribution in [0.5, 0.6) is 0 Å². The number of benzene rings is 3. The largest absolute Gasteiger partial charge is 0.304 e. The molecule has 1 spiro atoms. The van der Waals surface area contributed by atoms with Crippen molar-refractivity contribution in [3.8, 4) is 0 Å². The number of nitro groups is 1. The van der Waals surface area contributed by atoms with Gasteiger partial charge in [0.1, 0.15) is 5.04 Å². The molecule has 0 unspecified atom stereocenters. The number of hydrazone groups is 1. The Bertz CT molecular complexity index is 1220. The van der Waals surface area contributed by atoms with Gasteiger partial charge in [-0.15, -0.1) is 0 Å². The molecular weight excluding hydrogens is 412 g/mol. The van der Waals surface area contributed by atoms with Crippen molar-refractivity contribution in [3.63, 3.8) is 0 Å². The second-order valence-corrected chi connectivity index (χ2v) is 8.71. The fourth-order valence-corrected chi connectivity index (χ4v) is 5.04. The van der Waals surface area contributed by atoms with Crippen LogP contribution >= 0.6 is 11.8 Å². The molecule has 8 heteroatoms. The van der Waals surface area contributed by atoms with Crippen molar-refractivity contribution in [1.29, 1.82) is 0 Å². The lowest BCUT2D eigenvalue weighted by atomic mass is 10.1. The molecule has 7 nitrogen and oxygen atoms in total. The number of carbonyl (C=O) groups is 1. The van der Waals surface area contributed by atoms with Gasteiger partial charge in [0.25, 0.3) is 11.6 Å². The van der Waals surface area contributed by atoms with Crippen LogP contribution in [0.1, 0.15) is 22.3 Å². The van der Waals surface area contributed by atoms with E-state index in [0.29, 0.717) is 6.54 Å². The van der Waals surface area contributed by atoms with E-state index in [2.05, 4.69) is 10.5 Å². The zero-order chi connectivity index (χ0) is 21.6. The number of hydrogen-bond donors (Lipinski definition) is 1. The first kappa shape index (κ1) is 19.3. The monoisotopic (exact) mass is 430 g/mol. The summed E-state index contributed by atoms with van der Waals surface area (Å²) in [6, 6.07) is 22.0. The molecule has 1 amide bonds. The Morgan fingerprint density at radius 2 is 1.77 bits per heavy atom. The molecule has 5 rings (SSSR count).